The lowest BCUT2D eigenvalue weighted by atomic mass is 10.0. The van der Waals surface area contributed by atoms with Crippen molar-refractivity contribution in [1.29, 1.82) is 0 Å². The number of alkyl carbamates (subject to hydrolysis) is 1. The van der Waals surface area contributed by atoms with Crippen LogP contribution in [0.2, 0.25) is 0 Å². The van der Waals surface area contributed by atoms with Crippen molar-refractivity contribution in [2.24, 2.45) is 5.92 Å². The van der Waals surface area contributed by atoms with Crippen molar-refractivity contribution in [3.63, 3.8) is 0 Å². The van der Waals surface area contributed by atoms with Crippen LogP contribution in [0.1, 0.15) is 63.3 Å². The molecule has 238 valence electrons. The molecule has 0 bridgehead atoms. The van der Waals surface area contributed by atoms with Crippen molar-refractivity contribution in [1.82, 2.24) is 35.5 Å². The van der Waals surface area contributed by atoms with Gasteiger partial charge in [0.2, 0.25) is 11.3 Å². The molecule has 12 nitrogen and oxygen atoms in total. The lowest BCUT2D eigenvalue weighted by Crippen LogP contribution is -2.51. The number of fused-ring (bicyclic) bond motifs is 2. The molecule has 5 aromatic rings. The second kappa shape index (κ2) is 12.1. The SMILES string of the molecule is COC(=O)NC(C(=O)N1CCCC1c1ncc(-c2ccc3c(=O)c4cc(-c5cnc(C6CCCN6)[nH]5)ccc4oc3c2)[nH]1)C(C)C. The third-order valence-corrected chi connectivity index (χ3v) is 9.12. The summed E-state index contributed by atoms with van der Waals surface area (Å²) in [6.45, 7) is 5.34. The lowest BCUT2D eigenvalue weighted by molar-refractivity contribution is -0.135. The first-order chi connectivity index (χ1) is 22.3. The number of H-pyrrole nitrogens is 2. The summed E-state index contributed by atoms with van der Waals surface area (Å²) in [5.41, 5.74) is 4.15. The maximum atomic E-state index is 13.6. The molecule has 2 amide bonds. The van der Waals surface area contributed by atoms with Crippen LogP contribution in [0, 0.1) is 5.92 Å². The maximum absolute atomic E-state index is 13.6. The Balaban J connectivity index is 1.14. The Morgan fingerprint density at radius 1 is 0.957 bits per heavy atom. The average Bonchev–Trinajstić information content (AvgIpc) is 3.89. The van der Waals surface area contributed by atoms with Gasteiger partial charge in [0.1, 0.15) is 28.9 Å². The summed E-state index contributed by atoms with van der Waals surface area (Å²) in [4.78, 5) is 56.8. The van der Waals surface area contributed by atoms with Gasteiger partial charge in [-0.15, -0.1) is 0 Å². The van der Waals surface area contributed by atoms with E-state index in [-0.39, 0.29) is 29.3 Å². The fraction of sp³-hybridized carbons (Fsp3) is 0.382. The van der Waals surface area contributed by atoms with Crippen LogP contribution in [0.5, 0.6) is 0 Å². The number of benzene rings is 2. The molecule has 2 aromatic carbocycles. The number of aromatic amines is 2. The molecule has 3 unspecified atom stereocenters. The fourth-order valence-electron chi connectivity index (χ4n) is 6.61. The molecule has 0 aliphatic carbocycles. The standard InChI is InChI=1S/C34H37N7O5/c1-18(2)29(40-34(44)45-3)33(43)41-13-5-7-26(41)32-37-17-25(39-32)20-8-10-21-28(15-20)46-27-11-9-19(14-22(27)30(21)42)24-16-36-31(38-24)23-6-4-12-35-23/h8-11,14-18,23,26,29,35H,4-7,12-13H2,1-3H3,(H,36,38)(H,37,39)(H,40,44). The van der Waals surface area contributed by atoms with Crippen molar-refractivity contribution < 1.29 is 18.7 Å². The van der Waals surface area contributed by atoms with Crippen molar-refractivity contribution in [2.45, 2.75) is 57.7 Å². The first-order valence-corrected chi connectivity index (χ1v) is 15.8. The summed E-state index contributed by atoms with van der Waals surface area (Å²) in [5, 5.41) is 7.12. The van der Waals surface area contributed by atoms with Gasteiger partial charge in [-0.05, 0) is 68.5 Å². The van der Waals surface area contributed by atoms with E-state index >= 15 is 0 Å². The molecular formula is C34H37N7O5. The van der Waals surface area contributed by atoms with Gasteiger partial charge in [0.05, 0.1) is 53.7 Å². The predicted octanol–water partition coefficient (Wildman–Crippen LogP) is 5.20. The minimum absolute atomic E-state index is 0.104. The highest BCUT2D eigenvalue weighted by molar-refractivity contribution is 5.93. The summed E-state index contributed by atoms with van der Waals surface area (Å²) < 4.78 is 11.0. The van der Waals surface area contributed by atoms with E-state index in [0.717, 1.165) is 60.6 Å². The van der Waals surface area contributed by atoms with E-state index in [9.17, 15) is 14.4 Å². The first-order valence-electron chi connectivity index (χ1n) is 15.8. The third-order valence-electron chi connectivity index (χ3n) is 9.12. The first kappa shape index (κ1) is 29.7. The molecule has 2 aliphatic rings. The number of hydrogen-bond acceptors (Lipinski definition) is 8. The molecule has 2 saturated heterocycles. The monoisotopic (exact) mass is 623 g/mol. The van der Waals surface area contributed by atoms with E-state index in [1.165, 1.54) is 7.11 Å². The molecule has 3 aromatic heterocycles. The zero-order chi connectivity index (χ0) is 31.9. The van der Waals surface area contributed by atoms with Crippen LogP contribution in [0.15, 0.2) is 58.0 Å². The number of amides is 2. The van der Waals surface area contributed by atoms with Crippen LogP contribution in [-0.4, -0.2) is 63.1 Å². The molecule has 2 fully saturated rings. The van der Waals surface area contributed by atoms with Crippen molar-refractivity contribution in [3.05, 3.63) is 70.7 Å². The van der Waals surface area contributed by atoms with Gasteiger partial charge in [0, 0.05) is 17.7 Å². The average molecular weight is 624 g/mol. The Kier molecular flexibility index (Phi) is 7.81. The number of aromatic nitrogens is 4. The van der Waals surface area contributed by atoms with Crippen molar-refractivity contribution >= 4 is 33.9 Å². The smallest absolute Gasteiger partial charge is 0.407 e. The maximum Gasteiger partial charge on any atom is 0.407 e. The summed E-state index contributed by atoms with van der Waals surface area (Å²) in [5.74, 6) is 1.30. The zero-order valence-electron chi connectivity index (χ0n) is 26.1. The molecule has 5 heterocycles. The van der Waals surface area contributed by atoms with Gasteiger partial charge in [-0.3, -0.25) is 9.59 Å². The second-order valence-corrected chi connectivity index (χ2v) is 12.4. The van der Waals surface area contributed by atoms with Crippen LogP contribution < -0.4 is 16.1 Å². The molecule has 46 heavy (non-hydrogen) atoms. The van der Waals surface area contributed by atoms with Gasteiger partial charge in [-0.25, -0.2) is 14.8 Å². The van der Waals surface area contributed by atoms with Crippen molar-refractivity contribution in [3.8, 4) is 22.5 Å². The van der Waals surface area contributed by atoms with Gasteiger partial charge >= 0.3 is 6.09 Å². The van der Waals surface area contributed by atoms with E-state index in [0.29, 0.717) is 34.3 Å². The van der Waals surface area contributed by atoms with Gasteiger partial charge in [-0.1, -0.05) is 19.9 Å². The van der Waals surface area contributed by atoms with Crippen LogP contribution >= 0.6 is 0 Å². The molecule has 2 aliphatic heterocycles. The van der Waals surface area contributed by atoms with Crippen LogP contribution in [-0.2, 0) is 9.53 Å². The van der Waals surface area contributed by atoms with Gasteiger partial charge in [0.15, 0.2) is 0 Å². The Hall–Kier alpha value is -4.97. The molecule has 0 radical (unpaired) electrons. The molecular weight excluding hydrogens is 586 g/mol. The summed E-state index contributed by atoms with van der Waals surface area (Å²) in [7, 11) is 1.28. The fourth-order valence-corrected chi connectivity index (χ4v) is 6.61. The number of methoxy groups -OCH3 is 1. The van der Waals surface area contributed by atoms with Crippen LogP contribution in [0.25, 0.3) is 44.5 Å². The summed E-state index contributed by atoms with van der Waals surface area (Å²) in [6, 6.07) is 10.4. The van der Waals surface area contributed by atoms with Gasteiger partial charge in [0.25, 0.3) is 0 Å². The normalized spacial score (nSPS) is 18.9. The largest absolute Gasteiger partial charge is 0.456 e. The second-order valence-electron chi connectivity index (χ2n) is 12.4. The number of hydrogen-bond donors (Lipinski definition) is 4. The summed E-state index contributed by atoms with van der Waals surface area (Å²) >= 11 is 0. The van der Waals surface area contributed by atoms with Gasteiger partial charge in [-0.2, -0.15) is 0 Å². The van der Waals surface area contributed by atoms with E-state index in [2.05, 4.69) is 30.6 Å². The Labute approximate surface area is 264 Å². The molecule has 4 N–H and O–H groups in total. The van der Waals surface area contributed by atoms with Gasteiger partial charge < -0.3 is 34.7 Å². The molecule has 0 saturated carbocycles. The highest BCUT2D eigenvalue weighted by Gasteiger charge is 2.37. The summed E-state index contributed by atoms with van der Waals surface area (Å²) in [6.07, 6.45) is 6.66. The number of imidazole rings is 2. The van der Waals surface area contributed by atoms with E-state index in [4.69, 9.17) is 9.15 Å². The number of nitrogens with one attached hydrogen (secondary N) is 4. The Morgan fingerprint density at radius 2 is 1.70 bits per heavy atom. The van der Waals surface area contributed by atoms with Crippen LogP contribution in [0.4, 0.5) is 4.79 Å². The highest BCUT2D eigenvalue weighted by atomic mass is 16.5. The molecule has 12 heteroatoms. The number of nitrogens with zero attached hydrogens (tertiary/aromatic N) is 3. The minimum atomic E-state index is -0.706. The molecule has 7 rings (SSSR count). The number of ether oxygens (including phenoxy) is 1. The lowest BCUT2D eigenvalue weighted by Gasteiger charge is -2.30. The third kappa shape index (κ3) is 5.42. The van der Waals surface area contributed by atoms with E-state index in [1.54, 1.807) is 17.2 Å². The number of rotatable bonds is 7. The quantitative estimate of drug-likeness (QED) is 0.180. The number of carbonyl (C=O) groups is 2. The Morgan fingerprint density at radius 3 is 2.43 bits per heavy atom. The minimum Gasteiger partial charge on any atom is -0.456 e. The number of likely N-dealkylation sites (tertiary alicyclic amines) is 1. The zero-order valence-corrected chi connectivity index (χ0v) is 26.1. The van der Waals surface area contributed by atoms with Crippen molar-refractivity contribution in [2.75, 3.05) is 20.2 Å². The van der Waals surface area contributed by atoms with Crippen LogP contribution in [0.3, 0.4) is 0 Å². The predicted molar refractivity (Wildman–Crippen MR) is 173 cm³/mol. The van der Waals surface area contributed by atoms with E-state index in [1.807, 2.05) is 50.4 Å². The molecule has 0 spiro atoms. The Bertz CT molecular complexity index is 1990. The molecule has 3 atom stereocenters. The number of carbonyl (C=O) groups excluding carboxylic acids is 2. The topological polar surface area (TPSA) is 158 Å². The van der Waals surface area contributed by atoms with E-state index < -0.39 is 12.1 Å². The highest BCUT2D eigenvalue weighted by Crippen LogP contribution is 2.34.